The number of aryl methyl sites for hydroxylation is 2. The van der Waals surface area contributed by atoms with E-state index in [4.69, 9.17) is 22.7 Å². The Labute approximate surface area is 130 Å². The zero-order valence-electron chi connectivity index (χ0n) is 12.2. The third-order valence-corrected chi connectivity index (χ3v) is 3.20. The number of nitrogens with two attached hydrogens (primary N) is 1. The van der Waals surface area contributed by atoms with Crippen molar-refractivity contribution in [3.63, 3.8) is 0 Å². The van der Waals surface area contributed by atoms with Crippen LogP contribution in [0.5, 0.6) is 5.75 Å². The molecule has 21 heavy (non-hydrogen) atoms. The summed E-state index contributed by atoms with van der Waals surface area (Å²) in [5.74, 6) is 1.57. The van der Waals surface area contributed by atoms with Crippen molar-refractivity contribution in [1.82, 2.24) is 4.98 Å². The molecule has 5 heteroatoms. The molecule has 2 aromatic rings. The Morgan fingerprint density at radius 3 is 2.67 bits per heavy atom. The number of benzene rings is 1. The Morgan fingerprint density at radius 1 is 1.29 bits per heavy atom. The van der Waals surface area contributed by atoms with Crippen molar-refractivity contribution in [2.45, 2.75) is 13.8 Å². The number of hydrogen-bond donors (Lipinski definition) is 2. The maximum atomic E-state index is 5.78. The Bertz CT molecular complexity index is 629. The topological polar surface area (TPSA) is 60.2 Å². The molecule has 0 aliphatic rings. The average Bonchev–Trinajstić information content (AvgIpc) is 2.43. The van der Waals surface area contributed by atoms with E-state index in [9.17, 15) is 0 Å². The highest BCUT2D eigenvalue weighted by molar-refractivity contribution is 7.80. The molecular formula is C16H19N3OS. The van der Waals surface area contributed by atoms with Gasteiger partial charge in [-0.1, -0.05) is 30.4 Å². The van der Waals surface area contributed by atoms with Crippen molar-refractivity contribution in [2.75, 3.05) is 18.5 Å². The first kappa shape index (κ1) is 15.3. The number of nitrogens with one attached hydrogen (secondary N) is 1. The van der Waals surface area contributed by atoms with Gasteiger partial charge in [-0.2, -0.15) is 0 Å². The van der Waals surface area contributed by atoms with Crippen LogP contribution in [0, 0.1) is 13.8 Å². The molecule has 1 aromatic carbocycles. The van der Waals surface area contributed by atoms with Crippen molar-refractivity contribution < 1.29 is 4.74 Å². The molecule has 0 saturated carbocycles. The number of anilines is 1. The zero-order chi connectivity index (χ0) is 15.2. The van der Waals surface area contributed by atoms with Gasteiger partial charge >= 0.3 is 0 Å². The smallest absolute Gasteiger partial charge is 0.136 e. The van der Waals surface area contributed by atoms with Crippen LogP contribution in [-0.2, 0) is 0 Å². The van der Waals surface area contributed by atoms with Crippen molar-refractivity contribution in [3.05, 3.63) is 53.2 Å². The first-order chi connectivity index (χ1) is 10.1. The molecule has 1 aromatic heterocycles. The first-order valence-electron chi connectivity index (χ1n) is 6.77. The Morgan fingerprint density at radius 2 is 2.00 bits per heavy atom. The molecule has 0 aliphatic heterocycles. The maximum absolute atomic E-state index is 5.78. The van der Waals surface area contributed by atoms with Gasteiger partial charge in [0.15, 0.2) is 0 Å². The second-order valence-electron chi connectivity index (χ2n) is 4.76. The zero-order valence-corrected chi connectivity index (χ0v) is 13.0. The van der Waals surface area contributed by atoms with E-state index in [-0.39, 0.29) is 0 Å². The molecule has 0 saturated heterocycles. The minimum atomic E-state index is 0.353. The van der Waals surface area contributed by atoms with Gasteiger partial charge in [-0.3, -0.25) is 0 Å². The number of aromatic nitrogens is 1. The van der Waals surface area contributed by atoms with E-state index in [1.54, 1.807) is 0 Å². The third-order valence-electron chi connectivity index (χ3n) is 3.00. The van der Waals surface area contributed by atoms with Crippen molar-refractivity contribution in [2.24, 2.45) is 5.73 Å². The fourth-order valence-electron chi connectivity index (χ4n) is 2.13. The van der Waals surface area contributed by atoms with Crippen LogP contribution < -0.4 is 15.8 Å². The molecule has 110 valence electrons. The van der Waals surface area contributed by atoms with Gasteiger partial charge < -0.3 is 15.8 Å². The summed E-state index contributed by atoms with van der Waals surface area (Å²) in [5, 5.41) is 3.24. The minimum absolute atomic E-state index is 0.353. The van der Waals surface area contributed by atoms with Crippen LogP contribution in [0.15, 0.2) is 36.4 Å². The van der Waals surface area contributed by atoms with Gasteiger partial charge in [0.25, 0.3) is 0 Å². The summed E-state index contributed by atoms with van der Waals surface area (Å²) in [6.07, 6.45) is 0. The van der Waals surface area contributed by atoms with Gasteiger partial charge in [0.05, 0.1) is 12.1 Å². The number of rotatable bonds is 6. The minimum Gasteiger partial charge on any atom is -0.492 e. The fraction of sp³-hybridized carbons (Fsp3) is 0.250. The van der Waals surface area contributed by atoms with Gasteiger partial charge in [0.1, 0.15) is 23.2 Å². The van der Waals surface area contributed by atoms with E-state index >= 15 is 0 Å². The third kappa shape index (κ3) is 4.16. The van der Waals surface area contributed by atoms with E-state index in [1.165, 1.54) is 0 Å². The second-order valence-corrected chi connectivity index (χ2v) is 5.20. The molecule has 1 heterocycles. The van der Waals surface area contributed by atoms with Gasteiger partial charge in [-0.05, 0) is 37.6 Å². The molecule has 0 fully saturated rings. The molecule has 3 N–H and O–H groups in total. The Kier molecular flexibility index (Phi) is 5.11. The molecule has 0 amide bonds. The Hall–Kier alpha value is -2.14. The monoisotopic (exact) mass is 301 g/mol. The SMILES string of the molecule is Cc1cc(C)c(C(N)=S)c(NCCOc2ccccc2)n1. The standard InChI is InChI=1S/C16H19N3OS/c1-11-10-12(2)19-16(14(11)15(17)21)18-8-9-20-13-6-4-3-5-7-13/h3-7,10H,8-9H2,1-2H3,(H2,17,21)(H,18,19). The number of para-hydroxylation sites is 1. The molecule has 0 bridgehead atoms. The van der Waals surface area contributed by atoms with E-state index < -0.39 is 0 Å². The summed E-state index contributed by atoms with van der Waals surface area (Å²) in [5.41, 5.74) is 8.54. The predicted octanol–water partition coefficient (Wildman–Crippen LogP) is 2.82. The van der Waals surface area contributed by atoms with Crippen LogP contribution in [0.3, 0.4) is 0 Å². The molecule has 0 atom stereocenters. The van der Waals surface area contributed by atoms with Crippen LogP contribution in [0.1, 0.15) is 16.8 Å². The largest absolute Gasteiger partial charge is 0.492 e. The summed E-state index contributed by atoms with van der Waals surface area (Å²) >= 11 is 5.10. The Balaban J connectivity index is 1.98. The molecule has 0 spiro atoms. The molecule has 0 unspecified atom stereocenters. The van der Waals surface area contributed by atoms with Gasteiger partial charge in [0.2, 0.25) is 0 Å². The lowest BCUT2D eigenvalue weighted by molar-refractivity contribution is 0.333. The summed E-state index contributed by atoms with van der Waals surface area (Å²) in [6.45, 7) is 5.09. The number of nitrogens with zero attached hydrogens (tertiary/aromatic N) is 1. The van der Waals surface area contributed by atoms with Gasteiger partial charge in [0, 0.05) is 5.69 Å². The maximum Gasteiger partial charge on any atom is 0.136 e. The average molecular weight is 301 g/mol. The van der Waals surface area contributed by atoms with E-state index in [2.05, 4.69) is 10.3 Å². The molecular weight excluding hydrogens is 282 g/mol. The number of thiocarbonyl (C=S) groups is 1. The second kappa shape index (κ2) is 7.04. The highest BCUT2D eigenvalue weighted by atomic mass is 32.1. The normalized spacial score (nSPS) is 10.2. The number of ether oxygens (including phenoxy) is 1. The summed E-state index contributed by atoms with van der Waals surface area (Å²) in [7, 11) is 0. The summed E-state index contributed by atoms with van der Waals surface area (Å²) in [6, 6.07) is 11.7. The van der Waals surface area contributed by atoms with Crippen LogP contribution in [0.2, 0.25) is 0 Å². The number of pyridine rings is 1. The quantitative estimate of drug-likeness (QED) is 0.634. The van der Waals surface area contributed by atoms with Crippen LogP contribution in [0.4, 0.5) is 5.82 Å². The highest BCUT2D eigenvalue weighted by Crippen LogP contribution is 2.18. The lowest BCUT2D eigenvalue weighted by atomic mass is 10.1. The van der Waals surface area contributed by atoms with E-state index in [0.29, 0.717) is 18.1 Å². The number of hydrogen-bond acceptors (Lipinski definition) is 4. The first-order valence-corrected chi connectivity index (χ1v) is 7.18. The fourth-order valence-corrected chi connectivity index (χ4v) is 2.39. The van der Waals surface area contributed by atoms with Crippen LogP contribution >= 0.6 is 12.2 Å². The highest BCUT2D eigenvalue weighted by Gasteiger charge is 2.10. The van der Waals surface area contributed by atoms with Gasteiger partial charge in [-0.25, -0.2) is 4.98 Å². The predicted molar refractivity (Wildman–Crippen MR) is 90.0 cm³/mol. The summed E-state index contributed by atoms with van der Waals surface area (Å²) in [4.78, 5) is 4.82. The van der Waals surface area contributed by atoms with Crippen molar-refractivity contribution in [3.8, 4) is 5.75 Å². The summed E-state index contributed by atoms with van der Waals surface area (Å²) < 4.78 is 5.63. The van der Waals surface area contributed by atoms with E-state index in [0.717, 1.165) is 28.4 Å². The molecule has 0 aliphatic carbocycles. The van der Waals surface area contributed by atoms with Crippen LogP contribution in [0.25, 0.3) is 0 Å². The van der Waals surface area contributed by atoms with Crippen LogP contribution in [-0.4, -0.2) is 23.1 Å². The molecule has 0 radical (unpaired) electrons. The van der Waals surface area contributed by atoms with Crippen molar-refractivity contribution >= 4 is 23.0 Å². The lowest BCUT2D eigenvalue weighted by Crippen LogP contribution is -2.19. The van der Waals surface area contributed by atoms with Gasteiger partial charge in [-0.15, -0.1) is 0 Å². The van der Waals surface area contributed by atoms with Crippen molar-refractivity contribution in [1.29, 1.82) is 0 Å². The van der Waals surface area contributed by atoms with E-state index in [1.807, 2.05) is 50.2 Å². The lowest BCUT2D eigenvalue weighted by Gasteiger charge is -2.14. The molecule has 4 nitrogen and oxygen atoms in total. The molecule has 2 rings (SSSR count).